The first-order valence-corrected chi connectivity index (χ1v) is 4.75. The number of aromatic amines is 2. The van der Waals surface area contributed by atoms with Crippen molar-refractivity contribution >= 4 is 11.8 Å². The molecule has 1 aromatic heterocycles. The number of H-pyrrole nitrogens is 2. The molecule has 0 saturated heterocycles. The second kappa shape index (κ2) is 3.80. The third kappa shape index (κ3) is 2.10. The standard InChI is InChI=1S/C8H10N4O4/c13-5(14)3-12(4-1-2-4)6-7(15)9-8(16)11-10-6/h4H,1-3H2,(H,13,14)(H2,9,11,15,16). The predicted molar refractivity (Wildman–Crippen MR) is 53.5 cm³/mol. The molecule has 1 aromatic rings. The van der Waals surface area contributed by atoms with Crippen LogP contribution >= 0.6 is 0 Å². The van der Waals surface area contributed by atoms with Crippen LogP contribution in [-0.4, -0.2) is 38.8 Å². The molecule has 3 N–H and O–H groups in total. The fourth-order valence-corrected chi connectivity index (χ4v) is 1.44. The number of nitrogens with one attached hydrogen (secondary N) is 2. The number of carbonyl (C=O) groups is 1. The van der Waals surface area contributed by atoms with E-state index < -0.39 is 17.2 Å². The fourth-order valence-electron chi connectivity index (χ4n) is 1.44. The van der Waals surface area contributed by atoms with Crippen LogP contribution in [0.5, 0.6) is 0 Å². The van der Waals surface area contributed by atoms with Gasteiger partial charge in [0.25, 0.3) is 5.56 Å². The molecule has 16 heavy (non-hydrogen) atoms. The Morgan fingerprint density at radius 3 is 2.69 bits per heavy atom. The highest BCUT2D eigenvalue weighted by Gasteiger charge is 2.33. The minimum Gasteiger partial charge on any atom is -0.480 e. The Labute approximate surface area is 88.9 Å². The van der Waals surface area contributed by atoms with Gasteiger partial charge in [0.2, 0.25) is 5.82 Å². The maximum atomic E-state index is 11.4. The number of anilines is 1. The molecule has 0 aromatic carbocycles. The fraction of sp³-hybridized carbons (Fsp3) is 0.500. The van der Waals surface area contributed by atoms with Crippen LogP contribution in [0.25, 0.3) is 0 Å². The summed E-state index contributed by atoms with van der Waals surface area (Å²) < 4.78 is 0. The highest BCUT2D eigenvalue weighted by Crippen LogP contribution is 2.28. The van der Waals surface area contributed by atoms with Gasteiger partial charge >= 0.3 is 11.7 Å². The van der Waals surface area contributed by atoms with Gasteiger partial charge in [-0.05, 0) is 12.8 Å². The van der Waals surface area contributed by atoms with E-state index in [1.807, 2.05) is 4.98 Å². The number of aromatic nitrogens is 3. The Morgan fingerprint density at radius 2 is 2.19 bits per heavy atom. The van der Waals surface area contributed by atoms with E-state index in [1.165, 1.54) is 4.90 Å². The monoisotopic (exact) mass is 226 g/mol. The van der Waals surface area contributed by atoms with Crippen molar-refractivity contribution in [2.45, 2.75) is 18.9 Å². The van der Waals surface area contributed by atoms with Crippen molar-refractivity contribution in [2.75, 3.05) is 11.4 Å². The topological polar surface area (TPSA) is 119 Å². The average molecular weight is 226 g/mol. The van der Waals surface area contributed by atoms with Crippen LogP contribution in [0.1, 0.15) is 12.8 Å². The Hall–Kier alpha value is -2.12. The van der Waals surface area contributed by atoms with Crippen molar-refractivity contribution < 1.29 is 9.90 Å². The lowest BCUT2D eigenvalue weighted by Crippen LogP contribution is -2.39. The van der Waals surface area contributed by atoms with Gasteiger partial charge in [-0.2, -0.15) is 0 Å². The zero-order valence-corrected chi connectivity index (χ0v) is 8.27. The molecule has 0 radical (unpaired) electrons. The molecule has 86 valence electrons. The average Bonchev–Trinajstić information content (AvgIpc) is 2.97. The van der Waals surface area contributed by atoms with Gasteiger partial charge in [-0.15, -0.1) is 5.10 Å². The van der Waals surface area contributed by atoms with Crippen molar-refractivity contribution in [3.63, 3.8) is 0 Å². The minimum absolute atomic E-state index is 0.0237. The molecular weight excluding hydrogens is 216 g/mol. The van der Waals surface area contributed by atoms with Crippen LogP contribution in [0.4, 0.5) is 5.82 Å². The highest BCUT2D eigenvalue weighted by atomic mass is 16.4. The largest absolute Gasteiger partial charge is 0.480 e. The van der Waals surface area contributed by atoms with Gasteiger partial charge in [0, 0.05) is 6.04 Å². The molecule has 0 bridgehead atoms. The molecule has 1 saturated carbocycles. The SMILES string of the molecule is O=C(O)CN(c1n[nH]c(=O)[nH]c1=O)C1CC1. The number of rotatable bonds is 4. The zero-order chi connectivity index (χ0) is 11.7. The molecule has 1 heterocycles. The number of carboxylic acid groups (broad SMARTS) is 1. The van der Waals surface area contributed by atoms with E-state index >= 15 is 0 Å². The molecule has 0 unspecified atom stereocenters. The number of nitrogens with zero attached hydrogens (tertiary/aromatic N) is 2. The van der Waals surface area contributed by atoms with Gasteiger partial charge in [-0.1, -0.05) is 0 Å². The van der Waals surface area contributed by atoms with Gasteiger partial charge in [-0.3, -0.25) is 14.6 Å². The molecule has 2 rings (SSSR count). The van der Waals surface area contributed by atoms with Crippen molar-refractivity contribution in [1.29, 1.82) is 0 Å². The van der Waals surface area contributed by atoms with E-state index in [0.29, 0.717) is 0 Å². The van der Waals surface area contributed by atoms with Crippen LogP contribution in [0.3, 0.4) is 0 Å². The molecule has 1 fully saturated rings. The van der Waals surface area contributed by atoms with E-state index in [0.717, 1.165) is 12.8 Å². The summed E-state index contributed by atoms with van der Waals surface area (Å²) in [5.74, 6) is -1.09. The van der Waals surface area contributed by atoms with Crippen molar-refractivity contribution in [3.05, 3.63) is 20.8 Å². The smallest absolute Gasteiger partial charge is 0.342 e. The number of carboxylic acids is 1. The number of hydrogen-bond acceptors (Lipinski definition) is 5. The summed E-state index contributed by atoms with van der Waals surface area (Å²) in [6.07, 6.45) is 1.65. The predicted octanol–water partition coefficient (Wildman–Crippen LogP) is -1.49. The lowest BCUT2D eigenvalue weighted by molar-refractivity contribution is -0.135. The first-order valence-electron chi connectivity index (χ1n) is 4.75. The minimum atomic E-state index is -1.04. The number of hydrogen-bond donors (Lipinski definition) is 3. The second-order valence-electron chi connectivity index (χ2n) is 3.58. The first kappa shape index (κ1) is 10.4. The molecule has 0 spiro atoms. The summed E-state index contributed by atoms with van der Waals surface area (Å²) in [7, 11) is 0. The van der Waals surface area contributed by atoms with E-state index in [9.17, 15) is 14.4 Å². The van der Waals surface area contributed by atoms with Crippen LogP contribution in [0, 0.1) is 0 Å². The Morgan fingerprint density at radius 1 is 1.50 bits per heavy atom. The summed E-state index contributed by atoms with van der Waals surface area (Å²) >= 11 is 0. The van der Waals surface area contributed by atoms with Crippen molar-refractivity contribution in [2.24, 2.45) is 0 Å². The molecule has 8 nitrogen and oxygen atoms in total. The zero-order valence-electron chi connectivity index (χ0n) is 8.27. The summed E-state index contributed by atoms with van der Waals surface area (Å²) in [6, 6.07) is 0.0237. The molecule has 8 heteroatoms. The van der Waals surface area contributed by atoms with Gasteiger partial charge in [0.05, 0.1) is 0 Å². The summed E-state index contributed by atoms with van der Waals surface area (Å²) in [6.45, 7) is -0.299. The third-order valence-corrected chi connectivity index (χ3v) is 2.26. The van der Waals surface area contributed by atoms with Gasteiger partial charge < -0.3 is 10.0 Å². The molecule has 1 aliphatic rings. The van der Waals surface area contributed by atoms with Crippen LogP contribution in [-0.2, 0) is 4.79 Å². The Balaban J connectivity index is 2.34. The van der Waals surface area contributed by atoms with E-state index in [2.05, 4.69) is 10.2 Å². The van der Waals surface area contributed by atoms with E-state index in [-0.39, 0.29) is 18.4 Å². The molecule has 0 aliphatic heterocycles. The highest BCUT2D eigenvalue weighted by molar-refractivity contribution is 5.73. The van der Waals surface area contributed by atoms with Gasteiger partial charge in [0.15, 0.2) is 0 Å². The van der Waals surface area contributed by atoms with Crippen molar-refractivity contribution in [3.8, 4) is 0 Å². The molecule has 0 atom stereocenters. The molecular formula is C8H10N4O4. The van der Waals surface area contributed by atoms with Crippen LogP contribution < -0.4 is 16.1 Å². The van der Waals surface area contributed by atoms with Gasteiger partial charge in [-0.25, -0.2) is 9.89 Å². The lowest BCUT2D eigenvalue weighted by atomic mass is 10.4. The van der Waals surface area contributed by atoms with Crippen LogP contribution in [0.15, 0.2) is 9.59 Å². The first-order chi connectivity index (χ1) is 7.58. The summed E-state index contributed by atoms with van der Waals surface area (Å²) in [4.78, 5) is 36.2. The third-order valence-electron chi connectivity index (χ3n) is 2.26. The Kier molecular flexibility index (Phi) is 2.47. The van der Waals surface area contributed by atoms with E-state index in [4.69, 9.17) is 5.11 Å². The molecule has 1 aliphatic carbocycles. The van der Waals surface area contributed by atoms with Crippen LogP contribution in [0.2, 0.25) is 0 Å². The Bertz CT molecular complexity index is 515. The maximum absolute atomic E-state index is 11.4. The molecule has 0 amide bonds. The quantitative estimate of drug-likeness (QED) is 0.575. The summed E-state index contributed by atoms with van der Waals surface area (Å²) in [5.41, 5.74) is -1.38. The van der Waals surface area contributed by atoms with Crippen molar-refractivity contribution in [1.82, 2.24) is 15.2 Å². The maximum Gasteiger partial charge on any atom is 0.342 e. The lowest BCUT2D eigenvalue weighted by Gasteiger charge is -2.18. The van der Waals surface area contributed by atoms with Gasteiger partial charge in [0.1, 0.15) is 6.54 Å². The van der Waals surface area contributed by atoms with E-state index in [1.54, 1.807) is 0 Å². The normalized spacial score (nSPS) is 14.8. The number of aliphatic carboxylic acids is 1. The second-order valence-corrected chi connectivity index (χ2v) is 3.58. The summed E-state index contributed by atoms with van der Waals surface area (Å²) in [5, 5.41) is 14.4.